The van der Waals surface area contributed by atoms with Crippen molar-refractivity contribution in [1.82, 2.24) is 5.32 Å². The highest BCUT2D eigenvalue weighted by Gasteiger charge is 2.46. The van der Waals surface area contributed by atoms with Crippen LogP contribution in [0.5, 0.6) is 0 Å². The maximum atomic E-state index is 13.2. The molecule has 2 unspecified atom stereocenters. The number of aliphatic hydroxyl groups is 1. The van der Waals surface area contributed by atoms with Gasteiger partial charge in [-0.25, -0.2) is 4.39 Å². The number of benzene rings is 1. The number of hydrogen-bond donors (Lipinski definition) is 2. The Morgan fingerprint density at radius 1 is 1.53 bits per heavy atom. The van der Waals surface area contributed by atoms with Crippen molar-refractivity contribution in [3.05, 3.63) is 34.6 Å². The first-order valence-electron chi connectivity index (χ1n) is 5.77. The summed E-state index contributed by atoms with van der Waals surface area (Å²) in [5.41, 5.74) is 0.628. The molecule has 0 amide bonds. The molecule has 94 valence electrons. The van der Waals surface area contributed by atoms with E-state index < -0.39 is 0 Å². The van der Waals surface area contributed by atoms with Crippen LogP contribution in [-0.4, -0.2) is 17.3 Å². The fraction of sp³-hybridized carbons (Fsp3) is 0.538. The van der Waals surface area contributed by atoms with E-state index in [4.69, 9.17) is 11.6 Å². The molecular weight excluding hydrogens is 241 g/mol. The van der Waals surface area contributed by atoms with Crippen molar-refractivity contribution >= 4 is 11.6 Å². The Bertz CT molecular complexity index is 422. The van der Waals surface area contributed by atoms with Gasteiger partial charge in [-0.1, -0.05) is 37.6 Å². The SMILES string of the molecule is CC1(C)C(O)CC1NCc1cccc(F)c1Cl. The molecule has 2 N–H and O–H groups in total. The van der Waals surface area contributed by atoms with E-state index in [2.05, 4.69) is 5.32 Å². The van der Waals surface area contributed by atoms with Gasteiger partial charge in [0, 0.05) is 18.0 Å². The van der Waals surface area contributed by atoms with E-state index in [-0.39, 0.29) is 28.4 Å². The lowest BCUT2D eigenvalue weighted by molar-refractivity contribution is -0.0729. The highest BCUT2D eigenvalue weighted by Crippen LogP contribution is 2.40. The Hall–Kier alpha value is -0.640. The second kappa shape index (κ2) is 4.56. The van der Waals surface area contributed by atoms with Crippen molar-refractivity contribution in [2.75, 3.05) is 0 Å². The second-order valence-electron chi connectivity index (χ2n) is 5.22. The van der Waals surface area contributed by atoms with Crippen molar-refractivity contribution in [1.29, 1.82) is 0 Å². The van der Waals surface area contributed by atoms with E-state index in [1.54, 1.807) is 12.1 Å². The van der Waals surface area contributed by atoms with Gasteiger partial charge in [-0.05, 0) is 18.1 Å². The zero-order valence-electron chi connectivity index (χ0n) is 10.0. The predicted molar refractivity (Wildman–Crippen MR) is 66.4 cm³/mol. The van der Waals surface area contributed by atoms with Crippen molar-refractivity contribution in [3.8, 4) is 0 Å². The monoisotopic (exact) mass is 257 g/mol. The highest BCUT2D eigenvalue weighted by molar-refractivity contribution is 6.31. The second-order valence-corrected chi connectivity index (χ2v) is 5.60. The minimum atomic E-state index is -0.390. The first kappa shape index (κ1) is 12.8. The summed E-state index contributed by atoms with van der Waals surface area (Å²) in [6, 6.07) is 5.05. The zero-order valence-corrected chi connectivity index (χ0v) is 10.8. The van der Waals surface area contributed by atoms with Crippen LogP contribution in [0.3, 0.4) is 0 Å². The van der Waals surface area contributed by atoms with Crippen molar-refractivity contribution in [2.24, 2.45) is 5.41 Å². The first-order chi connectivity index (χ1) is 7.93. The summed E-state index contributed by atoms with van der Waals surface area (Å²) < 4.78 is 13.2. The lowest BCUT2D eigenvalue weighted by Crippen LogP contribution is -2.59. The number of nitrogens with one attached hydrogen (secondary N) is 1. The van der Waals surface area contributed by atoms with E-state index in [0.29, 0.717) is 6.54 Å². The molecule has 0 saturated heterocycles. The Labute approximate surface area is 106 Å². The van der Waals surface area contributed by atoms with Gasteiger partial charge >= 0.3 is 0 Å². The van der Waals surface area contributed by atoms with Crippen LogP contribution in [0, 0.1) is 11.2 Å². The molecule has 0 heterocycles. The molecule has 1 aromatic carbocycles. The van der Waals surface area contributed by atoms with Crippen LogP contribution in [0.2, 0.25) is 5.02 Å². The minimum absolute atomic E-state index is 0.125. The molecule has 2 rings (SSSR count). The molecule has 1 aliphatic rings. The van der Waals surface area contributed by atoms with E-state index in [1.807, 2.05) is 13.8 Å². The number of hydrogen-bond acceptors (Lipinski definition) is 2. The maximum absolute atomic E-state index is 13.2. The van der Waals surface area contributed by atoms with Gasteiger partial charge in [0.15, 0.2) is 0 Å². The van der Waals surface area contributed by atoms with Gasteiger partial charge in [0.25, 0.3) is 0 Å². The third kappa shape index (κ3) is 2.32. The topological polar surface area (TPSA) is 32.3 Å². The van der Waals surface area contributed by atoms with Crippen LogP contribution in [-0.2, 0) is 6.54 Å². The summed E-state index contributed by atoms with van der Waals surface area (Å²) in [5.74, 6) is -0.390. The molecule has 2 atom stereocenters. The van der Waals surface area contributed by atoms with Crippen LogP contribution in [0.15, 0.2) is 18.2 Å². The normalized spacial score (nSPS) is 26.6. The molecule has 1 aromatic rings. The van der Waals surface area contributed by atoms with Crippen LogP contribution >= 0.6 is 11.6 Å². The van der Waals surface area contributed by atoms with Gasteiger partial charge in [0.05, 0.1) is 11.1 Å². The van der Waals surface area contributed by atoms with E-state index >= 15 is 0 Å². The molecule has 1 fully saturated rings. The molecule has 1 aliphatic carbocycles. The number of rotatable bonds is 3. The molecular formula is C13H17ClFNO. The molecule has 17 heavy (non-hydrogen) atoms. The summed E-state index contributed by atoms with van der Waals surface area (Å²) in [6.07, 6.45) is 0.475. The molecule has 0 radical (unpaired) electrons. The molecule has 1 saturated carbocycles. The van der Waals surface area contributed by atoms with E-state index in [9.17, 15) is 9.50 Å². The van der Waals surface area contributed by atoms with Crippen LogP contribution in [0.1, 0.15) is 25.8 Å². The third-order valence-electron chi connectivity index (χ3n) is 3.79. The number of aliphatic hydroxyl groups excluding tert-OH is 1. The molecule has 2 nitrogen and oxygen atoms in total. The highest BCUT2D eigenvalue weighted by atomic mass is 35.5. The van der Waals surface area contributed by atoms with Crippen molar-refractivity contribution in [3.63, 3.8) is 0 Å². The Morgan fingerprint density at radius 2 is 2.24 bits per heavy atom. The van der Waals surface area contributed by atoms with Gasteiger partial charge in [0.2, 0.25) is 0 Å². The summed E-state index contributed by atoms with van der Waals surface area (Å²) in [6.45, 7) is 4.56. The molecule has 0 aromatic heterocycles. The summed E-state index contributed by atoms with van der Waals surface area (Å²) in [5, 5.41) is 13.1. The lowest BCUT2D eigenvalue weighted by Gasteiger charge is -2.49. The van der Waals surface area contributed by atoms with Gasteiger partial charge in [-0.15, -0.1) is 0 Å². The number of halogens is 2. The van der Waals surface area contributed by atoms with Crippen LogP contribution < -0.4 is 5.32 Å². The van der Waals surface area contributed by atoms with Gasteiger partial charge < -0.3 is 10.4 Å². The van der Waals surface area contributed by atoms with Crippen molar-refractivity contribution in [2.45, 2.75) is 39.0 Å². The third-order valence-corrected chi connectivity index (χ3v) is 4.21. The molecule has 4 heteroatoms. The quantitative estimate of drug-likeness (QED) is 0.873. The maximum Gasteiger partial charge on any atom is 0.142 e. The van der Waals surface area contributed by atoms with E-state index in [0.717, 1.165) is 12.0 Å². The fourth-order valence-electron chi connectivity index (χ4n) is 2.17. The van der Waals surface area contributed by atoms with Crippen LogP contribution in [0.4, 0.5) is 4.39 Å². The Morgan fingerprint density at radius 3 is 2.82 bits per heavy atom. The minimum Gasteiger partial charge on any atom is -0.392 e. The standard InChI is InChI=1S/C13H17ClFNO/c1-13(2)10(6-11(13)17)16-7-8-4-3-5-9(15)12(8)14/h3-5,10-11,16-17H,6-7H2,1-2H3. The van der Waals surface area contributed by atoms with E-state index in [1.165, 1.54) is 6.07 Å². The smallest absolute Gasteiger partial charge is 0.142 e. The van der Waals surface area contributed by atoms with Gasteiger partial charge in [-0.3, -0.25) is 0 Å². The molecule has 0 spiro atoms. The summed E-state index contributed by atoms with van der Waals surface area (Å²) in [7, 11) is 0. The largest absolute Gasteiger partial charge is 0.392 e. The molecule has 0 aliphatic heterocycles. The first-order valence-corrected chi connectivity index (χ1v) is 6.15. The molecule has 0 bridgehead atoms. The summed E-state index contributed by atoms with van der Waals surface area (Å²) >= 11 is 5.87. The predicted octanol–water partition coefficient (Wildman–Crippen LogP) is 2.73. The van der Waals surface area contributed by atoms with Crippen LogP contribution in [0.25, 0.3) is 0 Å². The van der Waals surface area contributed by atoms with Gasteiger partial charge in [-0.2, -0.15) is 0 Å². The average molecular weight is 258 g/mol. The average Bonchev–Trinajstić information content (AvgIpc) is 2.29. The Kier molecular flexibility index (Phi) is 3.43. The van der Waals surface area contributed by atoms with Crippen molar-refractivity contribution < 1.29 is 9.50 Å². The fourth-order valence-corrected chi connectivity index (χ4v) is 2.36. The lowest BCUT2D eigenvalue weighted by atomic mass is 9.64. The van der Waals surface area contributed by atoms with Gasteiger partial charge in [0.1, 0.15) is 5.82 Å². The zero-order chi connectivity index (χ0) is 12.6. The summed E-state index contributed by atoms with van der Waals surface area (Å²) in [4.78, 5) is 0. The Balaban J connectivity index is 1.97.